The van der Waals surface area contributed by atoms with Crippen LogP contribution in [0.4, 0.5) is 0 Å². The largest absolute Gasteiger partial charge is 0.496 e. The minimum Gasteiger partial charge on any atom is -0.496 e. The van der Waals surface area contributed by atoms with Crippen molar-refractivity contribution in [2.24, 2.45) is 17.4 Å². The van der Waals surface area contributed by atoms with Gasteiger partial charge in [0.05, 0.1) is 19.2 Å². The van der Waals surface area contributed by atoms with Crippen molar-refractivity contribution in [1.29, 1.82) is 0 Å². The number of hydrogen-bond donors (Lipinski definition) is 2. The van der Waals surface area contributed by atoms with Gasteiger partial charge in [-0.3, -0.25) is 0 Å². The van der Waals surface area contributed by atoms with Gasteiger partial charge in [0.1, 0.15) is 11.5 Å². The van der Waals surface area contributed by atoms with Gasteiger partial charge in [0.15, 0.2) is 0 Å². The van der Waals surface area contributed by atoms with Gasteiger partial charge in [-0.2, -0.15) is 0 Å². The zero-order chi connectivity index (χ0) is 14.4. The van der Waals surface area contributed by atoms with Gasteiger partial charge in [-0.05, 0) is 37.4 Å². The first kappa shape index (κ1) is 16.1. The first-order valence-electron chi connectivity index (χ1n) is 6.38. The molecule has 0 aliphatic rings. The summed E-state index contributed by atoms with van der Waals surface area (Å²) in [4.78, 5) is 0. The summed E-state index contributed by atoms with van der Waals surface area (Å²) in [5.41, 5.74) is 12.5. The minimum absolute atomic E-state index is 0.276. The highest BCUT2D eigenvalue weighted by molar-refractivity contribution is 6.32. The molecule has 0 heterocycles. The Bertz CT molecular complexity index is 409. The molecular formula is C14H23ClN2O2. The number of rotatable bonds is 7. The quantitative estimate of drug-likeness (QED) is 0.807. The van der Waals surface area contributed by atoms with Gasteiger partial charge in [0.2, 0.25) is 0 Å². The van der Waals surface area contributed by atoms with Crippen LogP contribution < -0.4 is 20.9 Å². The highest BCUT2D eigenvalue weighted by Crippen LogP contribution is 2.38. The molecule has 108 valence electrons. The first-order valence-corrected chi connectivity index (χ1v) is 6.76. The van der Waals surface area contributed by atoms with Gasteiger partial charge < -0.3 is 20.9 Å². The fourth-order valence-corrected chi connectivity index (χ4v) is 2.42. The number of methoxy groups -OCH3 is 2. The second kappa shape index (κ2) is 7.58. The van der Waals surface area contributed by atoms with Gasteiger partial charge >= 0.3 is 0 Å². The molecule has 19 heavy (non-hydrogen) atoms. The maximum atomic E-state index is 6.10. The molecule has 0 spiro atoms. The van der Waals surface area contributed by atoms with Crippen molar-refractivity contribution in [3.63, 3.8) is 0 Å². The fraction of sp³-hybridized carbons (Fsp3) is 0.571. The van der Waals surface area contributed by atoms with E-state index < -0.39 is 0 Å². The number of ether oxygens (including phenoxy) is 2. The molecule has 4 nitrogen and oxygen atoms in total. The molecule has 0 aromatic heterocycles. The maximum Gasteiger partial charge on any atom is 0.138 e. The van der Waals surface area contributed by atoms with Gasteiger partial charge in [-0.25, -0.2) is 0 Å². The van der Waals surface area contributed by atoms with Crippen LogP contribution in [0.5, 0.6) is 11.5 Å². The molecule has 0 aliphatic heterocycles. The van der Waals surface area contributed by atoms with Crippen LogP contribution in [-0.4, -0.2) is 27.3 Å². The molecule has 0 bridgehead atoms. The van der Waals surface area contributed by atoms with Crippen molar-refractivity contribution >= 4 is 11.6 Å². The summed E-state index contributed by atoms with van der Waals surface area (Å²) in [6.07, 6.45) is 0.911. The Hall–Kier alpha value is -0.970. The van der Waals surface area contributed by atoms with E-state index in [2.05, 4.69) is 6.92 Å². The van der Waals surface area contributed by atoms with E-state index in [0.29, 0.717) is 29.8 Å². The van der Waals surface area contributed by atoms with Crippen molar-refractivity contribution in [2.75, 3.05) is 27.3 Å². The van der Waals surface area contributed by atoms with E-state index in [0.717, 1.165) is 17.7 Å². The Kier molecular flexibility index (Phi) is 6.42. The summed E-state index contributed by atoms with van der Waals surface area (Å²) in [5, 5.41) is 0.546. The van der Waals surface area contributed by atoms with Gasteiger partial charge in [-0.1, -0.05) is 18.5 Å². The first-order chi connectivity index (χ1) is 9.07. The predicted octanol–water partition coefficient (Wildman–Crippen LogP) is 2.38. The average Bonchev–Trinajstić information content (AvgIpc) is 2.43. The van der Waals surface area contributed by atoms with E-state index in [4.69, 9.17) is 32.5 Å². The predicted molar refractivity (Wildman–Crippen MR) is 79.2 cm³/mol. The van der Waals surface area contributed by atoms with Crippen molar-refractivity contribution in [1.82, 2.24) is 0 Å². The number of nitrogens with two attached hydrogens (primary N) is 2. The second-order valence-electron chi connectivity index (χ2n) is 4.70. The topological polar surface area (TPSA) is 70.5 Å². The lowest BCUT2D eigenvalue weighted by atomic mass is 9.89. The smallest absolute Gasteiger partial charge is 0.138 e. The molecule has 1 aromatic rings. The number of benzene rings is 1. The van der Waals surface area contributed by atoms with Crippen molar-refractivity contribution in [2.45, 2.75) is 19.3 Å². The third-order valence-corrected chi connectivity index (χ3v) is 3.68. The lowest BCUT2D eigenvalue weighted by Crippen LogP contribution is -2.24. The lowest BCUT2D eigenvalue weighted by Gasteiger charge is -2.21. The van der Waals surface area contributed by atoms with Crippen LogP contribution in [0.25, 0.3) is 0 Å². The molecule has 1 atom stereocenters. The van der Waals surface area contributed by atoms with Crippen molar-refractivity contribution in [3.8, 4) is 11.5 Å². The molecule has 0 saturated heterocycles. The Morgan fingerprint density at radius 3 is 2.16 bits per heavy atom. The standard InChI is InChI=1S/C14H23ClN2O2/c1-9(4-10(7-16)8-17)11-5-14(19-3)12(15)6-13(11)18-2/h5-6,9-10H,4,7-8,16-17H2,1-3H3. The normalized spacial score (nSPS) is 12.6. The highest BCUT2D eigenvalue weighted by atomic mass is 35.5. The molecule has 1 rings (SSSR count). The van der Waals surface area contributed by atoms with E-state index in [-0.39, 0.29) is 5.92 Å². The summed E-state index contributed by atoms with van der Waals surface area (Å²) < 4.78 is 10.6. The summed E-state index contributed by atoms with van der Waals surface area (Å²) in [6, 6.07) is 3.71. The Labute approximate surface area is 120 Å². The Balaban J connectivity index is 3.03. The highest BCUT2D eigenvalue weighted by Gasteiger charge is 2.18. The van der Waals surface area contributed by atoms with Crippen molar-refractivity contribution in [3.05, 3.63) is 22.7 Å². The summed E-state index contributed by atoms with van der Waals surface area (Å²) >= 11 is 6.10. The van der Waals surface area contributed by atoms with E-state index in [9.17, 15) is 0 Å². The number of halogens is 1. The average molecular weight is 287 g/mol. The SMILES string of the molecule is COc1cc(C(C)CC(CN)CN)c(OC)cc1Cl. The van der Waals surface area contributed by atoms with Crippen LogP contribution >= 0.6 is 11.6 Å². The van der Waals surface area contributed by atoms with Crippen LogP contribution in [0.2, 0.25) is 5.02 Å². The third kappa shape index (κ3) is 4.00. The van der Waals surface area contributed by atoms with Crippen molar-refractivity contribution < 1.29 is 9.47 Å². The van der Waals surface area contributed by atoms with Crippen LogP contribution in [0.1, 0.15) is 24.8 Å². The monoisotopic (exact) mass is 286 g/mol. The molecule has 0 saturated carbocycles. The molecule has 4 N–H and O–H groups in total. The fourth-order valence-electron chi connectivity index (χ4n) is 2.18. The van der Waals surface area contributed by atoms with E-state index in [1.807, 2.05) is 6.07 Å². The van der Waals surface area contributed by atoms with Crippen LogP contribution in [0, 0.1) is 5.92 Å². The van der Waals surface area contributed by atoms with Crippen LogP contribution in [0.3, 0.4) is 0 Å². The molecular weight excluding hydrogens is 264 g/mol. The van der Waals surface area contributed by atoms with Gasteiger partial charge in [0.25, 0.3) is 0 Å². The Morgan fingerprint density at radius 1 is 1.11 bits per heavy atom. The van der Waals surface area contributed by atoms with Gasteiger partial charge in [-0.15, -0.1) is 0 Å². The maximum absolute atomic E-state index is 6.10. The zero-order valence-electron chi connectivity index (χ0n) is 11.8. The Morgan fingerprint density at radius 2 is 1.68 bits per heavy atom. The zero-order valence-corrected chi connectivity index (χ0v) is 12.5. The van der Waals surface area contributed by atoms with Crippen LogP contribution in [0.15, 0.2) is 12.1 Å². The van der Waals surface area contributed by atoms with Crippen LogP contribution in [-0.2, 0) is 0 Å². The minimum atomic E-state index is 0.276. The molecule has 0 aliphatic carbocycles. The molecule has 1 aromatic carbocycles. The van der Waals surface area contributed by atoms with E-state index in [1.54, 1.807) is 20.3 Å². The summed E-state index contributed by atoms with van der Waals surface area (Å²) in [6.45, 7) is 3.31. The molecule has 0 fully saturated rings. The number of hydrogen-bond acceptors (Lipinski definition) is 4. The lowest BCUT2D eigenvalue weighted by molar-refractivity contribution is 0.388. The van der Waals surface area contributed by atoms with E-state index >= 15 is 0 Å². The summed E-state index contributed by atoms with van der Waals surface area (Å²) in [7, 11) is 3.24. The summed E-state index contributed by atoms with van der Waals surface area (Å²) in [5.74, 6) is 2.01. The molecule has 0 amide bonds. The molecule has 1 unspecified atom stereocenters. The third-order valence-electron chi connectivity index (χ3n) is 3.39. The van der Waals surface area contributed by atoms with Gasteiger partial charge in [0, 0.05) is 11.6 Å². The second-order valence-corrected chi connectivity index (χ2v) is 5.11. The molecule has 5 heteroatoms. The van der Waals surface area contributed by atoms with E-state index in [1.165, 1.54) is 0 Å². The molecule has 0 radical (unpaired) electrons.